The van der Waals surface area contributed by atoms with E-state index in [0.717, 1.165) is 9.80 Å². The molecule has 0 radical (unpaired) electrons. The molecule has 2 saturated heterocycles. The highest BCUT2D eigenvalue weighted by Crippen LogP contribution is 3.02. The second-order valence-corrected chi connectivity index (χ2v) is 11.3. The van der Waals surface area contributed by atoms with Crippen LogP contribution in [0.2, 0.25) is 0 Å². The number of nitrogens with zero attached hydrogens (tertiary/aromatic N) is 5. The van der Waals surface area contributed by atoms with Crippen molar-refractivity contribution in [3.63, 3.8) is 0 Å². The van der Waals surface area contributed by atoms with Crippen molar-refractivity contribution in [1.82, 2.24) is 14.8 Å². The lowest BCUT2D eigenvalue weighted by Crippen LogP contribution is -2.50. The normalized spacial score (nSPS) is 22.3. The van der Waals surface area contributed by atoms with E-state index in [1.165, 1.54) is 36.5 Å². The highest BCUT2D eigenvalue weighted by molar-refractivity contribution is 8.45. The number of ether oxygens (including phenoxy) is 2. The zero-order valence-corrected chi connectivity index (χ0v) is 20.9. The summed E-state index contributed by atoms with van der Waals surface area (Å²) in [6, 6.07) is 2.22. The summed E-state index contributed by atoms with van der Waals surface area (Å²) in [6.45, 7) is 0.421. The average molecular weight is 562 g/mol. The topological polar surface area (TPSA) is 99.0 Å². The number of pyridine rings is 1. The molecule has 3 heterocycles. The summed E-state index contributed by atoms with van der Waals surface area (Å²) in [5.74, 6) is -1.42. The molecule has 0 saturated carbocycles. The maximum absolute atomic E-state index is 14.0. The van der Waals surface area contributed by atoms with Crippen LogP contribution in [0, 0.1) is 11.5 Å². The summed E-state index contributed by atoms with van der Waals surface area (Å²) in [6.07, 6.45) is 4.21. The summed E-state index contributed by atoms with van der Waals surface area (Å²) in [5, 5.41) is 9.61. The van der Waals surface area contributed by atoms with E-state index in [1.807, 2.05) is 6.19 Å². The first-order chi connectivity index (χ1) is 17.7. The third-order valence-electron chi connectivity index (χ3n) is 6.36. The predicted molar refractivity (Wildman–Crippen MR) is 126 cm³/mol. The van der Waals surface area contributed by atoms with E-state index >= 15 is 0 Å². The Labute approximate surface area is 215 Å². The van der Waals surface area contributed by atoms with Crippen LogP contribution in [0.15, 0.2) is 53.7 Å². The quantitative estimate of drug-likeness (QED) is 0.369. The van der Waals surface area contributed by atoms with Crippen LogP contribution in [-0.2, 0) is 19.1 Å². The molecule has 1 aromatic heterocycles. The standard InChI is InChI=1S/C23H24F5N5O4S/c1-36-18-11-20(32(13-18)14-29)22(34)33(17-4-6-19(7-5-17)38(24,25,26,27)28)21(16-3-2-8-30-12-16)23(35)31-9-10-37-15-31/h2-8,12,18,20-21H,9-11,13,15H2,1H3. The number of amides is 2. The van der Waals surface area contributed by atoms with Crippen molar-refractivity contribution in [3.05, 3.63) is 54.4 Å². The molecule has 2 aliphatic heterocycles. The van der Waals surface area contributed by atoms with Crippen LogP contribution < -0.4 is 4.90 Å². The van der Waals surface area contributed by atoms with Gasteiger partial charge in [0.2, 0.25) is 0 Å². The number of hydrogen-bond acceptors (Lipinski definition) is 7. The number of halogens is 5. The molecule has 0 bridgehead atoms. The minimum atomic E-state index is -10.0. The fourth-order valence-electron chi connectivity index (χ4n) is 4.44. The molecule has 2 aromatic rings. The molecule has 15 heteroatoms. The molecule has 3 atom stereocenters. The molecule has 9 nitrogen and oxygen atoms in total. The molecule has 3 unspecified atom stereocenters. The van der Waals surface area contributed by atoms with Gasteiger partial charge in [-0.05, 0) is 30.3 Å². The lowest BCUT2D eigenvalue weighted by Gasteiger charge is -2.41. The molecule has 4 rings (SSSR count). The highest BCUT2D eigenvalue weighted by atomic mass is 32.5. The minimum Gasteiger partial charge on any atom is -0.379 e. The fourth-order valence-corrected chi connectivity index (χ4v) is 5.09. The molecule has 0 N–H and O–H groups in total. The lowest BCUT2D eigenvalue weighted by atomic mass is 10.0. The second kappa shape index (κ2) is 9.37. The third kappa shape index (κ3) is 5.66. The van der Waals surface area contributed by atoms with Crippen molar-refractivity contribution in [2.24, 2.45) is 0 Å². The van der Waals surface area contributed by atoms with Gasteiger partial charge in [-0.2, -0.15) is 5.26 Å². The summed E-state index contributed by atoms with van der Waals surface area (Å²) < 4.78 is 77.5. The maximum atomic E-state index is 14.0. The van der Waals surface area contributed by atoms with Gasteiger partial charge in [0.25, 0.3) is 11.8 Å². The highest BCUT2D eigenvalue weighted by Gasteiger charge is 2.65. The van der Waals surface area contributed by atoms with Crippen molar-refractivity contribution >= 4 is 27.7 Å². The van der Waals surface area contributed by atoms with Gasteiger partial charge in [0.1, 0.15) is 23.7 Å². The van der Waals surface area contributed by atoms with Gasteiger partial charge in [-0.3, -0.25) is 24.4 Å². The molecule has 2 amide bonds. The Morgan fingerprint density at radius 1 is 1.21 bits per heavy atom. The van der Waals surface area contributed by atoms with E-state index in [9.17, 15) is 34.3 Å². The first-order valence-corrected chi connectivity index (χ1v) is 13.3. The van der Waals surface area contributed by atoms with Crippen molar-refractivity contribution in [1.29, 1.82) is 5.26 Å². The Hall–Kier alpha value is -3.48. The van der Waals surface area contributed by atoms with Crippen molar-refractivity contribution in [2.75, 3.05) is 38.4 Å². The van der Waals surface area contributed by atoms with E-state index in [4.69, 9.17) is 9.47 Å². The molecule has 38 heavy (non-hydrogen) atoms. The van der Waals surface area contributed by atoms with Crippen LogP contribution in [0.3, 0.4) is 0 Å². The number of benzene rings is 1. The van der Waals surface area contributed by atoms with Gasteiger partial charge < -0.3 is 14.4 Å². The molecular formula is C23H24F5N5O4S. The molecule has 2 aliphatic rings. The Morgan fingerprint density at radius 2 is 1.92 bits per heavy atom. The second-order valence-electron chi connectivity index (χ2n) is 8.86. The van der Waals surface area contributed by atoms with E-state index in [-0.39, 0.29) is 56.2 Å². The van der Waals surface area contributed by atoms with Crippen LogP contribution in [-0.4, -0.2) is 72.3 Å². The molecule has 206 valence electrons. The average Bonchev–Trinajstić information content (AvgIpc) is 3.56. The zero-order chi connectivity index (χ0) is 27.8. The summed E-state index contributed by atoms with van der Waals surface area (Å²) in [5.41, 5.74) is -0.0268. The maximum Gasteiger partial charge on any atom is 0.310 e. The van der Waals surface area contributed by atoms with Gasteiger partial charge in [0.05, 0.1) is 19.3 Å². The summed E-state index contributed by atoms with van der Waals surface area (Å²) >= 11 is 0. The molecule has 1 aromatic carbocycles. The van der Waals surface area contributed by atoms with E-state index in [2.05, 4.69) is 4.98 Å². The number of carbonyl (C=O) groups excluding carboxylic acids is 2. The molecule has 0 aliphatic carbocycles. The van der Waals surface area contributed by atoms with E-state index in [0.29, 0.717) is 12.1 Å². The molecule has 2 fully saturated rings. The van der Waals surface area contributed by atoms with Crippen molar-refractivity contribution in [2.45, 2.75) is 29.5 Å². The van der Waals surface area contributed by atoms with Crippen LogP contribution >= 0.6 is 10.2 Å². The van der Waals surface area contributed by atoms with Gasteiger partial charge in [0.15, 0.2) is 6.19 Å². The van der Waals surface area contributed by atoms with Crippen LogP contribution in [0.1, 0.15) is 18.0 Å². The van der Waals surface area contributed by atoms with Gasteiger partial charge in [-0.15, -0.1) is 0 Å². The first kappa shape index (κ1) is 27.6. The molecule has 0 spiro atoms. The number of nitriles is 1. The van der Waals surface area contributed by atoms with Crippen LogP contribution in [0.5, 0.6) is 0 Å². The van der Waals surface area contributed by atoms with Gasteiger partial charge >= 0.3 is 10.2 Å². The SMILES string of the molecule is COC1CC(C(=O)N(c2ccc(S(F)(F)(F)(F)F)cc2)C(C(=O)N2CCOC2)c2cccnc2)N(C#N)C1. The number of carbonyl (C=O) groups is 2. The van der Waals surface area contributed by atoms with Gasteiger partial charge in [-0.1, -0.05) is 25.5 Å². The molecular weight excluding hydrogens is 537 g/mol. The number of hydrogen-bond donors (Lipinski definition) is 0. The number of aromatic nitrogens is 1. The van der Waals surface area contributed by atoms with Crippen molar-refractivity contribution < 1.29 is 38.5 Å². The number of likely N-dealkylation sites (tertiary alicyclic amines) is 1. The Morgan fingerprint density at radius 3 is 2.45 bits per heavy atom. The fraction of sp³-hybridized carbons (Fsp3) is 0.391. The monoisotopic (exact) mass is 561 g/mol. The van der Waals surface area contributed by atoms with Gasteiger partial charge in [-0.25, -0.2) is 0 Å². The Kier molecular flexibility index (Phi) is 6.79. The van der Waals surface area contributed by atoms with Crippen molar-refractivity contribution in [3.8, 4) is 6.19 Å². The van der Waals surface area contributed by atoms with E-state index < -0.39 is 45.1 Å². The largest absolute Gasteiger partial charge is 0.379 e. The predicted octanol–water partition coefficient (Wildman–Crippen LogP) is 4.20. The minimum absolute atomic E-state index is 0.0592. The summed E-state index contributed by atoms with van der Waals surface area (Å²) in [4.78, 5) is 33.0. The number of rotatable bonds is 7. The van der Waals surface area contributed by atoms with Crippen LogP contribution in [0.4, 0.5) is 25.1 Å². The van der Waals surface area contributed by atoms with Gasteiger partial charge in [0, 0.05) is 43.7 Å². The third-order valence-corrected chi connectivity index (χ3v) is 7.53. The Bertz CT molecular complexity index is 1240. The smallest absolute Gasteiger partial charge is 0.310 e. The number of anilines is 1. The zero-order valence-electron chi connectivity index (χ0n) is 20.1. The summed E-state index contributed by atoms with van der Waals surface area (Å²) in [7, 11) is -8.60. The van der Waals surface area contributed by atoms with Crippen LogP contribution in [0.25, 0.3) is 0 Å². The lowest BCUT2D eigenvalue weighted by molar-refractivity contribution is -0.135. The number of methoxy groups -OCH3 is 1. The first-order valence-electron chi connectivity index (χ1n) is 11.4. The Balaban J connectivity index is 1.86. The van der Waals surface area contributed by atoms with E-state index in [1.54, 1.807) is 0 Å².